The highest BCUT2D eigenvalue weighted by molar-refractivity contribution is 9.10. The second-order valence-electron chi connectivity index (χ2n) is 9.15. The van der Waals surface area contributed by atoms with E-state index in [1.807, 2.05) is 0 Å². The topological polar surface area (TPSA) is 153 Å². The van der Waals surface area contributed by atoms with Gasteiger partial charge in [0.25, 0.3) is 0 Å². The lowest BCUT2D eigenvalue weighted by Gasteiger charge is -2.24. The van der Waals surface area contributed by atoms with Gasteiger partial charge in [0.15, 0.2) is 0 Å². The van der Waals surface area contributed by atoms with Gasteiger partial charge in [0.1, 0.15) is 39.9 Å². The van der Waals surface area contributed by atoms with Crippen LogP contribution in [-0.2, 0) is 26.2 Å². The maximum atomic E-state index is 14.4. The number of likely N-dealkylation sites (tertiary alicyclic amines) is 1. The van der Waals surface area contributed by atoms with Crippen molar-refractivity contribution in [3.63, 3.8) is 0 Å². The average molecular weight is 616 g/mol. The number of nitrogens with one attached hydrogen (secondary N) is 1. The molecular formula is C25H23BrFN7O4S. The number of carbonyl (C=O) groups is 2. The molecule has 3 N–H and O–H groups in total. The fourth-order valence-corrected chi connectivity index (χ4v) is 5.66. The molecule has 0 aliphatic carbocycles. The van der Waals surface area contributed by atoms with Crippen molar-refractivity contribution in [2.45, 2.75) is 37.0 Å². The van der Waals surface area contributed by atoms with Crippen LogP contribution in [0.25, 0.3) is 22.0 Å². The van der Waals surface area contributed by atoms with Crippen LogP contribution in [0, 0.1) is 6.92 Å². The monoisotopic (exact) mass is 615 g/mol. The summed E-state index contributed by atoms with van der Waals surface area (Å²) in [7, 11) is -4.15. The third-order valence-corrected chi connectivity index (χ3v) is 7.79. The van der Waals surface area contributed by atoms with Crippen LogP contribution < -0.4 is 10.5 Å². The molecule has 0 spiro atoms. The zero-order valence-corrected chi connectivity index (χ0v) is 23.0. The molecular weight excluding hydrogens is 593 g/mol. The van der Waals surface area contributed by atoms with E-state index in [4.69, 9.17) is 5.14 Å². The number of carbonyl (C=O) groups excluding carboxylic acids is 2. The zero-order chi connectivity index (χ0) is 27.9. The molecule has 1 aliphatic rings. The van der Waals surface area contributed by atoms with Crippen molar-refractivity contribution in [3.05, 3.63) is 65.4 Å². The summed E-state index contributed by atoms with van der Waals surface area (Å²) >= 11 is 3.23. The third-order valence-electron chi connectivity index (χ3n) is 6.41. The first-order chi connectivity index (χ1) is 18.5. The Balaban J connectivity index is 1.44. The van der Waals surface area contributed by atoms with E-state index in [1.54, 1.807) is 55.7 Å². The largest absolute Gasteiger partial charge is 0.337 e. The number of amides is 2. The van der Waals surface area contributed by atoms with E-state index in [0.717, 1.165) is 0 Å². The predicted octanol–water partition coefficient (Wildman–Crippen LogP) is 2.79. The summed E-state index contributed by atoms with van der Waals surface area (Å²) in [6, 6.07) is 8.94. The average Bonchev–Trinajstić information content (AvgIpc) is 3.45. The number of pyridine rings is 1. The van der Waals surface area contributed by atoms with Crippen LogP contribution >= 0.6 is 15.9 Å². The van der Waals surface area contributed by atoms with Gasteiger partial charge in [0.2, 0.25) is 21.8 Å². The van der Waals surface area contributed by atoms with Gasteiger partial charge in [0, 0.05) is 41.5 Å². The molecule has 4 heterocycles. The molecule has 202 valence electrons. The highest BCUT2D eigenvalue weighted by Gasteiger charge is 2.40. The Morgan fingerprint density at radius 3 is 2.62 bits per heavy atom. The predicted molar refractivity (Wildman–Crippen MR) is 145 cm³/mol. The normalized spacial score (nSPS) is 17.5. The Bertz CT molecular complexity index is 1690. The quantitative estimate of drug-likeness (QED) is 0.316. The number of anilines is 1. The van der Waals surface area contributed by atoms with Crippen molar-refractivity contribution in [3.8, 4) is 11.1 Å². The molecule has 0 saturated carbocycles. The number of primary sulfonamides is 1. The van der Waals surface area contributed by atoms with E-state index in [-0.39, 0.29) is 30.2 Å². The van der Waals surface area contributed by atoms with Crippen molar-refractivity contribution in [2.75, 3.05) is 11.9 Å². The number of aryl methyl sites for hydroxylation is 1. The van der Waals surface area contributed by atoms with Crippen molar-refractivity contribution in [2.24, 2.45) is 5.14 Å². The van der Waals surface area contributed by atoms with Gasteiger partial charge in [-0.15, -0.1) is 0 Å². The number of alkyl halides is 1. The Morgan fingerprint density at radius 1 is 1.18 bits per heavy atom. The van der Waals surface area contributed by atoms with Gasteiger partial charge in [-0.25, -0.2) is 32.9 Å². The number of fused-ring (bicyclic) bond motifs is 1. The molecule has 11 nitrogen and oxygen atoms in total. The van der Waals surface area contributed by atoms with Crippen LogP contribution in [-0.4, -0.2) is 63.4 Å². The molecule has 3 aromatic heterocycles. The molecule has 0 bridgehead atoms. The standard InChI is InChI=1S/C25H23BrFN7O4S/c1-14-29-9-16(10-30-14)15-5-6-19-18(7-15)21(39(28,37)38)12-33(19)13-24(35)34-11-17(27)8-20(34)25(36)32-23-4-2-3-22(26)31-23/h2-7,9-10,12,17,20H,8,11,13H2,1H3,(H2,28,37,38)(H,31,32,36). The number of halogens is 2. The van der Waals surface area contributed by atoms with Gasteiger partial charge < -0.3 is 14.8 Å². The Labute approximate surface area is 231 Å². The highest BCUT2D eigenvalue weighted by atomic mass is 79.9. The Morgan fingerprint density at radius 2 is 1.92 bits per heavy atom. The van der Waals surface area contributed by atoms with Crippen LogP contribution in [0.3, 0.4) is 0 Å². The summed E-state index contributed by atoms with van der Waals surface area (Å²) in [5, 5.41) is 8.42. The zero-order valence-electron chi connectivity index (χ0n) is 20.6. The number of benzene rings is 1. The van der Waals surface area contributed by atoms with Crippen molar-refractivity contribution < 1.29 is 22.4 Å². The molecule has 0 radical (unpaired) electrons. The van der Waals surface area contributed by atoms with E-state index in [2.05, 4.69) is 36.2 Å². The first-order valence-electron chi connectivity index (χ1n) is 11.8. The van der Waals surface area contributed by atoms with Gasteiger partial charge in [-0.2, -0.15) is 0 Å². The second kappa shape index (κ2) is 10.4. The smallest absolute Gasteiger partial charge is 0.248 e. The molecule has 2 atom stereocenters. The summed E-state index contributed by atoms with van der Waals surface area (Å²) in [6.45, 7) is 1.16. The van der Waals surface area contributed by atoms with Gasteiger partial charge in [-0.1, -0.05) is 12.1 Å². The third kappa shape index (κ3) is 5.67. The summed E-state index contributed by atoms with van der Waals surface area (Å²) in [4.78, 5) is 39.8. The molecule has 1 aliphatic heterocycles. The van der Waals surface area contributed by atoms with Crippen molar-refractivity contribution in [1.82, 2.24) is 24.4 Å². The molecule has 39 heavy (non-hydrogen) atoms. The first kappa shape index (κ1) is 26.8. The van der Waals surface area contributed by atoms with E-state index in [1.165, 1.54) is 15.7 Å². The van der Waals surface area contributed by atoms with Crippen LogP contribution in [0.15, 0.2) is 64.5 Å². The number of nitrogens with zero attached hydrogens (tertiary/aromatic N) is 5. The molecule has 2 unspecified atom stereocenters. The van der Waals surface area contributed by atoms with Gasteiger partial charge in [-0.3, -0.25) is 9.59 Å². The fourth-order valence-electron chi connectivity index (χ4n) is 4.58. The molecule has 1 saturated heterocycles. The number of aromatic nitrogens is 4. The van der Waals surface area contributed by atoms with Crippen molar-refractivity contribution in [1.29, 1.82) is 0 Å². The molecule has 4 aromatic rings. The summed E-state index contributed by atoms with van der Waals surface area (Å²) in [5.41, 5.74) is 1.76. The minimum atomic E-state index is -4.15. The van der Waals surface area contributed by atoms with Crippen LogP contribution in [0.5, 0.6) is 0 Å². The summed E-state index contributed by atoms with van der Waals surface area (Å²) in [5.74, 6) is -0.270. The van der Waals surface area contributed by atoms with Crippen LogP contribution in [0.2, 0.25) is 0 Å². The summed E-state index contributed by atoms with van der Waals surface area (Å²) < 4.78 is 41.2. The number of hydrogen-bond donors (Lipinski definition) is 2. The lowest BCUT2D eigenvalue weighted by molar-refractivity contribution is -0.137. The van der Waals surface area contributed by atoms with Gasteiger partial charge >= 0.3 is 0 Å². The number of sulfonamides is 1. The highest BCUT2D eigenvalue weighted by Crippen LogP contribution is 2.30. The maximum absolute atomic E-state index is 14.4. The summed E-state index contributed by atoms with van der Waals surface area (Å²) in [6.07, 6.45) is 2.96. The van der Waals surface area contributed by atoms with E-state index < -0.39 is 34.1 Å². The van der Waals surface area contributed by atoms with E-state index in [0.29, 0.717) is 32.5 Å². The molecule has 2 amide bonds. The molecule has 1 fully saturated rings. The number of nitrogens with two attached hydrogens (primary N) is 1. The lowest BCUT2D eigenvalue weighted by atomic mass is 10.1. The molecule has 1 aromatic carbocycles. The van der Waals surface area contributed by atoms with Gasteiger partial charge in [-0.05, 0) is 52.7 Å². The lowest BCUT2D eigenvalue weighted by Crippen LogP contribution is -2.44. The van der Waals surface area contributed by atoms with E-state index in [9.17, 15) is 22.4 Å². The molecule has 5 rings (SSSR count). The van der Waals surface area contributed by atoms with Crippen LogP contribution in [0.4, 0.5) is 10.2 Å². The minimum absolute atomic E-state index is 0.164. The van der Waals surface area contributed by atoms with Crippen molar-refractivity contribution >= 4 is 54.5 Å². The number of rotatable bonds is 6. The Kier molecular flexibility index (Phi) is 7.18. The van der Waals surface area contributed by atoms with Gasteiger partial charge in [0.05, 0.1) is 6.54 Å². The Hall–Kier alpha value is -3.75. The first-order valence-corrected chi connectivity index (χ1v) is 14.1. The maximum Gasteiger partial charge on any atom is 0.248 e. The molecule has 14 heteroatoms. The van der Waals surface area contributed by atoms with Crippen LogP contribution in [0.1, 0.15) is 12.2 Å². The number of hydrogen-bond acceptors (Lipinski definition) is 7. The minimum Gasteiger partial charge on any atom is -0.337 e. The van der Waals surface area contributed by atoms with E-state index >= 15 is 0 Å². The SMILES string of the molecule is Cc1ncc(-c2ccc3c(c2)c(S(N)(=O)=O)cn3CC(=O)N2CC(F)CC2C(=O)Nc2cccc(Br)n2)cn1. The second-order valence-corrected chi connectivity index (χ2v) is 11.5. The fraction of sp³-hybridized carbons (Fsp3) is 0.240.